The van der Waals surface area contributed by atoms with E-state index in [1.54, 1.807) is 6.33 Å². The Morgan fingerprint density at radius 2 is 2.27 bits per heavy atom. The summed E-state index contributed by atoms with van der Waals surface area (Å²) in [6, 6.07) is 0. The Kier molecular flexibility index (Phi) is 2.32. The molecule has 0 radical (unpaired) electrons. The molecule has 1 rings (SSSR count). The summed E-state index contributed by atoms with van der Waals surface area (Å²) in [5.41, 5.74) is 1.40. The van der Waals surface area contributed by atoms with Gasteiger partial charge in [0.1, 0.15) is 0 Å². The maximum absolute atomic E-state index is 4.25. The first-order valence-corrected chi connectivity index (χ1v) is 4.16. The van der Waals surface area contributed by atoms with Crippen molar-refractivity contribution in [2.45, 2.75) is 39.0 Å². The molecular formula is C9H16N2. The molecule has 0 unspecified atom stereocenters. The standard InChI is InChI=1S/C9H16N2/c1-4-5-9(2,3)8-6-10-7-11-8/h6-7H,4-5H2,1-3H3,(H,10,11). The molecule has 0 aromatic carbocycles. The van der Waals surface area contributed by atoms with E-state index >= 15 is 0 Å². The Bertz CT molecular complexity index is 199. The van der Waals surface area contributed by atoms with Gasteiger partial charge >= 0.3 is 0 Å². The van der Waals surface area contributed by atoms with Crippen LogP contribution in [0.3, 0.4) is 0 Å². The number of nitrogens with one attached hydrogen (secondary N) is 1. The van der Waals surface area contributed by atoms with Gasteiger partial charge < -0.3 is 4.98 Å². The van der Waals surface area contributed by atoms with E-state index < -0.39 is 0 Å². The lowest BCUT2D eigenvalue weighted by atomic mass is 9.85. The zero-order valence-electron chi connectivity index (χ0n) is 7.52. The van der Waals surface area contributed by atoms with Crippen LogP contribution in [0.2, 0.25) is 0 Å². The highest BCUT2D eigenvalue weighted by Crippen LogP contribution is 2.25. The third-order valence-electron chi connectivity index (χ3n) is 2.07. The molecule has 11 heavy (non-hydrogen) atoms. The van der Waals surface area contributed by atoms with Gasteiger partial charge in [-0.2, -0.15) is 0 Å². The molecule has 0 amide bonds. The van der Waals surface area contributed by atoms with Gasteiger partial charge in [-0.3, -0.25) is 0 Å². The minimum atomic E-state index is 0.231. The van der Waals surface area contributed by atoms with E-state index in [0.717, 1.165) is 0 Å². The second kappa shape index (κ2) is 3.07. The Hall–Kier alpha value is -0.790. The third kappa shape index (κ3) is 1.82. The summed E-state index contributed by atoms with van der Waals surface area (Å²) >= 11 is 0. The van der Waals surface area contributed by atoms with Crippen molar-refractivity contribution in [3.05, 3.63) is 18.2 Å². The van der Waals surface area contributed by atoms with Crippen molar-refractivity contribution in [2.24, 2.45) is 0 Å². The first kappa shape index (κ1) is 8.31. The summed E-state index contributed by atoms with van der Waals surface area (Å²) in [6.07, 6.45) is 6.13. The van der Waals surface area contributed by atoms with Crippen LogP contribution in [0.5, 0.6) is 0 Å². The van der Waals surface area contributed by atoms with Gasteiger partial charge in [0, 0.05) is 11.6 Å². The van der Waals surface area contributed by atoms with E-state index in [0.29, 0.717) is 0 Å². The second-order valence-electron chi connectivity index (χ2n) is 3.59. The Morgan fingerprint density at radius 1 is 1.55 bits per heavy atom. The van der Waals surface area contributed by atoms with Gasteiger partial charge in [0.15, 0.2) is 0 Å². The van der Waals surface area contributed by atoms with E-state index in [2.05, 4.69) is 30.7 Å². The van der Waals surface area contributed by atoms with Crippen LogP contribution in [-0.4, -0.2) is 9.97 Å². The normalized spacial score (nSPS) is 11.9. The van der Waals surface area contributed by atoms with Gasteiger partial charge in [-0.15, -0.1) is 0 Å². The third-order valence-corrected chi connectivity index (χ3v) is 2.07. The van der Waals surface area contributed by atoms with Gasteiger partial charge in [-0.25, -0.2) is 4.98 Å². The molecule has 0 saturated carbocycles. The fourth-order valence-corrected chi connectivity index (χ4v) is 1.38. The molecule has 0 aliphatic rings. The molecule has 0 saturated heterocycles. The largest absolute Gasteiger partial charge is 0.351 e. The minimum absolute atomic E-state index is 0.231. The quantitative estimate of drug-likeness (QED) is 0.708. The summed E-state index contributed by atoms with van der Waals surface area (Å²) in [6.45, 7) is 6.66. The van der Waals surface area contributed by atoms with Gasteiger partial charge in [0.25, 0.3) is 0 Å². The van der Waals surface area contributed by atoms with E-state index in [4.69, 9.17) is 0 Å². The van der Waals surface area contributed by atoms with Crippen LogP contribution >= 0.6 is 0 Å². The molecule has 0 aliphatic carbocycles. The highest BCUT2D eigenvalue weighted by molar-refractivity contribution is 5.09. The van der Waals surface area contributed by atoms with Crippen LogP contribution in [-0.2, 0) is 5.41 Å². The highest BCUT2D eigenvalue weighted by Gasteiger charge is 2.20. The average molecular weight is 152 g/mol. The van der Waals surface area contributed by atoms with Crippen molar-refractivity contribution in [1.82, 2.24) is 9.97 Å². The van der Waals surface area contributed by atoms with E-state index in [1.165, 1.54) is 18.5 Å². The van der Waals surface area contributed by atoms with Crippen LogP contribution in [0.25, 0.3) is 0 Å². The molecule has 0 spiro atoms. The number of aromatic amines is 1. The smallest absolute Gasteiger partial charge is 0.0923 e. The zero-order valence-corrected chi connectivity index (χ0v) is 7.52. The summed E-state index contributed by atoms with van der Waals surface area (Å²) < 4.78 is 0. The molecule has 2 heteroatoms. The molecule has 0 atom stereocenters. The summed E-state index contributed by atoms with van der Waals surface area (Å²) in [4.78, 5) is 7.23. The lowest BCUT2D eigenvalue weighted by Gasteiger charge is -2.20. The average Bonchev–Trinajstić information content (AvgIpc) is 2.37. The van der Waals surface area contributed by atoms with Gasteiger partial charge in [-0.05, 0) is 6.42 Å². The predicted octanol–water partition coefficient (Wildman–Crippen LogP) is 2.49. The second-order valence-corrected chi connectivity index (χ2v) is 3.59. The zero-order chi connectivity index (χ0) is 8.32. The van der Waals surface area contributed by atoms with E-state index in [1.807, 2.05) is 6.20 Å². The fourth-order valence-electron chi connectivity index (χ4n) is 1.38. The van der Waals surface area contributed by atoms with E-state index in [9.17, 15) is 0 Å². The van der Waals surface area contributed by atoms with Crippen molar-refractivity contribution in [2.75, 3.05) is 0 Å². The lowest BCUT2D eigenvalue weighted by Crippen LogP contribution is -2.16. The van der Waals surface area contributed by atoms with E-state index in [-0.39, 0.29) is 5.41 Å². The molecule has 1 aromatic heterocycles. The van der Waals surface area contributed by atoms with Gasteiger partial charge in [-0.1, -0.05) is 27.2 Å². The molecule has 2 nitrogen and oxygen atoms in total. The molecule has 0 aliphatic heterocycles. The highest BCUT2D eigenvalue weighted by atomic mass is 14.9. The van der Waals surface area contributed by atoms with Crippen LogP contribution in [0.15, 0.2) is 12.5 Å². The number of hydrogen-bond acceptors (Lipinski definition) is 1. The number of nitrogens with zero attached hydrogens (tertiary/aromatic N) is 1. The number of H-pyrrole nitrogens is 1. The SMILES string of the molecule is CCCC(C)(C)c1c[nH]cn1. The van der Waals surface area contributed by atoms with Crippen molar-refractivity contribution >= 4 is 0 Å². The monoisotopic (exact) mass is 152 g/mol. The molecule has 1 aromatic rings. The maximum atomic E-state index is 4.25. The fraction of sp³-hybridized carbons (Fsp3) is 0.667. The van der Waals surface area contributed by atoms with Crippen molar-refractivity contribution in [3.8, 4) is 0 Å². The molecule has 62 valence electrons. The Morgan fingerprint density at radius 3 is 2.73 bits per heavy atom. The number of rotatable bonds is 3. The van der Waals surface area contributed by atoms with Crippen molar-refractivity contribution in [1.29, 1.82) is 0 Å². The molecule has 0 bridgehead atoms. The molecule has 0 fully saturated rings. The molecule has 1 N–H and O–H groups in total. The minimum Gasteiger partial charge on any atom is -0.351 e. The topological polar surface area (TPSA) is 28.7 Å². The summed E-state index contributed by atoms with van der Waals surface area (Å²) in [7, 11) is 0. The number of aromatic nitrogens is 2. The lowest BCUT2D eigenvalue weighted by molar-refractivity contribution is 0.461. The maximum Gasteiger partial charge on any atom is 0.0923 e. The Balaban J connectivity index is 2.73. The number of hydrogen-bond donors (Lipinski definition) is 1. The molecule has 1 heterocycles. The van der Waals surface area contributed by atoms with Gasteiger partial charge in [0.2, 0.25) is 0 Å². The summed E-state index contributed by atoms with van der Waals surface area (Å²) in [5.74, 6) is 0. The first-order valence-electron chi connectivity index (χ1n) is 4.16. The Labute approximate surface area is 68.0 Å². The number of imidazole rings is 1. The van der Waals surface area contributed by atoms with Crippen LogP contribution in [0.4, 0.5) is 0 Å². The van der Waals surface area contributed by atoms with Crippen LogP contribution in [0.1, 0.15) is 39.3 Å². The van der Waals surface area contributed by atoms with Gasteiger partial charge in [0.05, 0.1) is 12.0 Å². The molecular weight excluding hydrogens is 136 g/mol. The van der Waals surface area contributed by atoms with Crippen LogP contribution < -0.4 is 0 Å². The summed E-state index contributed by atoms with van der Waals surface area (Å²) in [5, 5.41) is 0. The first-order chi connectivity index (χ1) is 5.17. The van der Waals surface area contributed by atoms with Crippen LogP contribution in [0, 0.1) is 0 Å². The van der Waals surface area contributed by atoms with Crippen molar-refractivity contribution < 1.29 is 0 Å². The van der Waals surface area contributed by atoms with Crippen molar-refractivity contribution in [3.63, 3.8) is 0 Å². The predicted molar refractivity (Wildman–Crippen MR) is 46.5 cm³/mol.